The molecule has 10 heteroatoms. The Bertz CT molecular complexity index is 1570. The number of benzene rings is 2. The van der Waals surface area contributed by atoms with Gasteiger partial charge in [0, 0.05) is 11.6 Å². The molecule has 0 unspecified atom stereocenters. The van der Waals surface area contributed by atoms with Gasteiger partial charge < -0.3 is 18.9 Å². The van der Waals surface area contributed by atoms with Crippen LogP contribution in [0.1, 0.15) is 44.9 Å². The van der Waals surface area contributed by atoms with E-state index in [2.05, 4.69) is 20.9 Å². The molecule has 1 aliphatic heterocycles. The molecule has 1 aromatic heterocycles. The van der Waals surface area contributed by atoms with Gasteiger partial charge in [-0.3, -0.25) is 9.36 Å². The number of allylic oxidation sites excluding steroid dienone is 1. The minimum atomic E-state index is -0.708. The first kappa shape index (κ1) is 27.7. The lowest BCUT2D eigenvalue weighted by Crippen LogP contribution is -2.40. The molecule has 0 saturated carbocycles. The highest BCUT2D eigenvalue weighted by atomic mass is 79.9. The number of carbonyl (C=O) groups is 1. The van der Waals surface area contributed by atoms with Crippen molar-refractivity contribution in [2.75, 3.05) is 20.8 Å². The number of carbonyl (C=O) groups excluding carboxylic acids is 1. The summed E-state index contributed by atoms with van der Waals surface area (Å²) in [4.78, 5) is 32.3. The number of fused-ring (bicyclic) bond motifs is 1. The van der Waals surface area contributed by atoms with Crippen LogP contribution in [-0.2, 0) is 9.53 Å². The van der Waals surface area contributed by atoms with E-state index in [9.17, 15) is 9.59 Å². The summed E-state index contributed by atoms with van der Waals surface area (Å²) in [7, 11) is 3.13. The molecule has 0 fully saturated rings. The highest BCUT2D eigenvalue weighted by Gasteiger charge is 2.33. The maximum atomic E-state index is 13.9. The Morgan fingerprint density at radius 3 is 2.45 bits per heavy atom. The molecule has 8 nitrogen and oxygen atoms in total. The standard InChI is InChI=1S/C28H29BrN2O6S/c1-7-36-19-10-8-17(9-11-19)25-24(27(33)37-15(2)3)16(4)30-28-31(25)26(32)23(38-28)13-18-12-20(29)22(35-6)14-21(18)34-5/h8-15,25H,7H2,1-6H3/b23-13+/t25-/m1/s1. The number of esters is 1. The van der Waals surface area contributed by atoms with Crippen molar-refractivity contribution >= 4 is 39.3 Å². The van der Waals surface area contributed by atoms with Crippen molar-refractivity contribution in [3.05, 3.63) is 83.0 Å². The maximum absolute atomic E-state index is 13.9. The fourth-order valence-electron chi connectivity index (χ4n) is 4.23. The van der Waals surface area contributed by atoms with Crippen LogP contribution in [0.5, 0.6) is 17.2 Å². The molecular formula is C28H29BrN2O6S. The first-order valence-electron chi connectivity index (χ1n) is 12.1. The summed E-state index contributed by atoms with van der Waals surface area (Å²) in [6, 6.07) is 10.2. The van der Waals surface area contributed by atoms with E-state index < -0.39 is 12.0 Å². The lowest BCUT2D eigenvalue weighted by molar-refractivity contribution is -0.143. The zero-order valence-corrected chi connectivity index (χ0v) is 24.4. The van der Waals surface area contributed by atoms with Crippen molar-refractivity contribution in [3.63, 3.8) is 0 Å². The molecule has 4 rings (SSSR count). The third kappa shape index (κ3) is 5.42. The number of methoxy groups -OCH3 is 2. The molecule has 0 bridgehead atoms. The van der Waals surface area contributed by atoms with Crippen molar-refractivity contribution < 1.29 is 23.7 Å². The van der Waals surface area contributed by atoms with E-state index in [1.165, 1.54) is 11.3 Å². The molecule has 2 heterocycles. The van der Waals surface area contributed by atoms with Gasteiger partial charge in [0.15, 0.2) is 4.80 Å². The van der Waals surface area contributed by atoms with Crippen molar-refractivity contribution in [3.8, 4) is 17.2 Å². The van der Waals surface area contributed by atoms with Gasteiger partial charge >= 0.3 is 5.97 Å². The number of rotatable bonds is 8. The number of halogens is 1. The van der Waals surface area contributed by atoms with Crippen LogP contribution in [0.15, 0.2) is 61.9 Å². The van der Waals surface area contributed by atoms with Crippen LogP contribution < -0.4 is 29.1 Å². The van der Waals surface area contributed by atoms with Gasteiger partial charge in [-0.25, -0.2) is 9.79 Å². The van der Waals surface area contributed by atoms with Crippen LogP contribution >= 0.6 is 27.3 Å². The molecule has 3 aromatic rings. The molecule has 0 N–H and O–H groups in total. The quantitative estimate of drug-likeness (QED) is 0.357. The van der Waals surface area contributed by atoms with E-state index in [1.807, 2.05) is 37.3 Å². The summed E-state index contributed by atoms with van der Waals surface area (Å²) >= 11 is 4.75. The fourth-order valence-corrected chi connectivity index (χ4v) is 5.79. The van der Waals surface area contributed by atoms with E-state index >= 15 is 0 Å². The molecule has 200 valence electrons. The maximum Gasteiger partial charge on any atom is 0.338 e. The molecule has 0 aliphatic carbocycles. The SMILES string of the molecule is CCOc1ccc([C@@H]2C(C(=O)OC(C)C)=C(C)N=c3s/c(=C/c4cc(Br)c(OC)cc4OC)c(=O)n32)cc1. The van der Waals surface area contributed by atoms with Gasteiger partial charge in [-0.15, -0.1) is 0 Å². The molecular weight excluding hydrogens is 572 g/mol. The monoisotopic (exact) mass is 600 g/mol. The van der Waals surface area contributed by atoms with E-state index in [-0.39, 0.29) is 11.7 Å². The number of ether oxygens (including phenoxy) is 4. The van der Waals surface area contributed by atoms with Crippen molar-refractivity contribution in [2.24, 2.45) is 4.99 Å². The summed E-state index contributed by atoms with van der Waals surface area (Å²) in [5, 5.41) is 0. The molecule has 2 aromatic carbocycles. The Balaban J connectivity index is 1.93. The van der Waals surface area contributed by atoms with E-state index in [0.717, 1.165) is 10.0 Å². The Kier molecular flexibility index (Phi) is 8.42. The van der Waals surface area contributed by atoms with Crippen molar-refractivity contribution in [2.45, 2.75) is 39.8 Å². The Morgan fingerprint density at radius 1 is 1.16 bits per heavy atom. The molecule has 1 aliphatic rings. The largest absolute Gasteiger partial charge is 0.496 e. The zero-order valence-electron chi connectivity index (χ0n) is 22.0. The average molecular weight is 602 g/mol. The summed E-state index contributed by atoms with van der Waals surface area (Å²) in [5.74, 6) is 1.36. The van der Waals surface area contributed by atoms with Crippen LogP contribution in [0, 0.1) is 0 Å². The van der Waals surface area contributed by atoms with Gasteiger partial charge in [0.1, 0.15) is 17.2 Å². The fraction of sp³-hybridized carbons (Fsp3) is 0.321. The van der Waals surface area contributed by atoms with Gasteiger partial charge in [0.05, 0.1) is 53.2 Å². The third-order valence-corrected chi connectivity index (χ3v) is 7.48. The number of thiazole rings is 1. The predicted octanol–water partition coefficient (Wildman–Crippen LogP) is 4.37. The second kappa shape index (κ2) is 11.6. The second-order valence-electron chi connectivity index (χ2n) is 8.77. The van der Waals surface area contributed by atoms with Gasteiger partial charge in [-0.2, -0.15) is 0 Å². The second-order valence-corrected chi connectivity index (χ2v) is 10.6. The summed E-state index contributed by atoms with van der Waals surface area (Å²) in [5.41, 5.74) is 2.00. The Labute approximate surface area is 233 Å². The topological polar surface area (TPSA) is 88.4 Å². The van der Waals surface area contributed by atoms with Gasteiger partial charge in [0.2, 0.25) is 0 Å². The lowest BCUT2D eigenvalue weighted by atomic mass is 9.96. The molecule has 1 atom stereocenters. The molecule has 0 amide bonds. The zero-order chi connectivity index (χ0) is 27.6. The predicted molar refractivity (Wildman–Crippen MR) is 150 cm³/mol. The summed E-state index contributed by atoms with van der Waals surface area (Å²) in [6.45, 7) is 7.78. The molecule has 0 radical (unpaired) electrons. The van der Waals surface area contributed by atoms with Crippen molar-refractivity contribution in [1.29, 1.82) is 0 Å². The number of hydrogen-bond donors (Lipinski definition) is 0. The van der Waals surface area contributed by atoms with Crippen LogP contribution in [-0.4, -0.2) is 37.5 Å². The van der Waals surface area contributed by atoms with Crippen LogP contribution in [0.4, 0.5) is 0 Å². The Morgan fingerprint density at radius 2 is 1.84 bits per heavy atom. The van der Waals surface area contributed by atoms with Gasteiger partial charge in [0.25, 0.3) is 5.56 Å². The number of hydrogen-bond acceptors (Lipinski definition) is 8. The normalized spacial score (nSPS) is 15.3. The molecule has 38 heavy (non-hydrogen) atoms. The number of nitrogens with zero attached hydrogens (tertiary/aromatic N) is 2. The van der Waals surface area contributed by atoms with Gasteiger partial charge in [-0.05, 0) is 73.5 Å². The van der Waals surface area contributed by atoms with Crippen molar-refractivity contribution in [1.82, 2.24) is 4.57 Å². The summed E-state index contributed by atoms with van der Waals surface area (Å²) < 4.78 is 24.8. The van der Waals surface area contributed by atoms with Crippen LogP contribution in [0.2, 0.25) is 0 Å². The minimum Gasteiger partial charge on any atom is -0.496 e. The Hall–Kier alpha value is -3.37. The minimum absolute atomic E-state index is 0.274. The molecule has 0 saturated heterocycles. The molecule has 0 spiro atoms. The smallest absolute Gasteiger partial charge is 0.338 e. The van der Waals surface area contributed by atoms with Gasteiger partial charge in [-0.1, -0.05) is 23.5 Å². The third-order valence-electron chi connectivity index (χ3n) is 5.88. The lowest BCUT2D eigenvalue weighted by Gasteiger charge is -2.25. The average Bonchev–Trinajstić information content (AvgIpc) is 3.17. The first-order valence-corrected chi connectivity index (χ1v) is 13.7. The van der Waals surface area contributed by atoms with Crippen LogP contribution in [0.3, 0.4) is 0 Å². The first-order chi connectivity index (χ1) is 18.2. The highest BCUT2D eigenvalue weighted by Crippen LogP contribution is 2.34. The van der Waals surface area contributed by atoms with E-state index in [0.29, 0.717) is 50.0 Å². The summed E-state index contributed by atoms with van der Waals surface area (Å²) in [6.07, 6.45) is 1.43. The highest BCUT2D eigenvalue weighted by molar-refractivity contribution is 9.10. The number of aromatic nitrogens is 1. The van der Waals surface area contributed by atoms with E-state index in [1.54, 1.807) is 51.7 Å². The van der Waals surface area contributed by atoms with Crippen LogP contribution in [0.25, 0.3) is 6.08 Å². The van der Waals surface area contributed by atoms with E-state index in [4.69, 9.17) is 18.9 Å².